The van der Waals surface area contributed by atoms with Crippen molar-refractivity contribution in [3.63, 3.8) is 0 Å². The Balaban J connectivity index is 1.53. The van der Waals surface area contributed by atoms with Crippen LogP contribution in [0.3, 0.4) is 0 Å². The fourth-order valence-corrected chi connectivity index (χ4v) is 3.59. The van der Waals surface area contributed by atoms with Crippen molar-refractivity contribution in [3.8, 4) is 5.75 Å². The Morgan fingerprint density at radius 3 is 2.35 bits per heavy atom. The number of hydrogen-bond donors (Lipinski definition) is 1. The van der Waals surface area contributed by atoms with Crippen molar-refractivity contribution < 1.29 is 23.8 Å². The Morgan fingerprint density at radius 1 is 1.06 bits per heavy atom. The second-order valence-corrected chi connectivity index (χ2v) is 8.79. The van der Waals surface area contributed by atoms with Gasteiger partial charge in [0.05, 0.1) is 19.3 Å². The van der Waals surface area contributed by atoms with Crippen molar-refractivity contribution in [2.75, 3.05) is 20.3 Å². The minimum atomic E-state index is -0.684. The van der Waals surface area contributed by atoms with Gasteiger partial charge in [-0.05, 0) is 70.0 Å². The molecule has 1 N–H and O–H groups in total. The van der Waals surface area contributed by atoms with Crippen LogP contribution in [0.1, 0.15) is 55.5 Å². The number of ether oxygens (including phenoxy) is 3. The van der Waals surface area contributed by atoms with Crippen molar-refractivity contribution in [3.05, 3.63) is 65.7 Å². The first-order valence-electron chi connectivity index (χ1n) is 10.6. The van der Waals surface area contributed by atoms with Gasteiger partial charge in [0.2, 0.25) is 0 Å². The van der Waals surface area contributed by atoms with E-state index in [1.54, 1.807) is 24.3 Å². The van der Waals surface area contributed by atoms with E-state index in [-0.39, 0.29) is 17.9 Å². The van der Waals surface area contributed by atoms with Gasteiger partial charge in [0.1, 0.15) is 16.9 Å². The molecule has 1 aliphatic carbocycles. The monoisotopic (exact) mass is 425 g/mol. The third-order valence-electron chi connectivity index (χ3n) is 5.23. The Kier molecular flexibility index (Phi) is 7.01. The quantitative estimate of drug-likeness (QED) is 0.482. The van der Waals surface area contributed by atoms with E-state index in [1.165, 1.54) is 7.11 Å². The Bertz CT molecular complexity index is 888. The molecule has 0 aromatic heterocycles. The Labute approximate surface area is 183 Å². The third-order valence-corrected chi connectivity index (χ3v) is 5.23. The Hall–Kier alpha value is -2.86. The van der Waals surface area contributed by atoms with Crippen molar-refractivity contribution in [1.82, 2.24) is 5.32 Å². The normalized spacial score (nSPS) is 20.1. The summed E-state index contributed by atoms with van der Waals surface area (Å²) in [5.41, 5.74) is 0.408. The molecule has 166 valence electrons. The van der Waals surface area contributed by atoms with Gasteiger partial charge in [-0.25, -0.2) is 4.79 Å². The van der Waals surface area contributed by atoms with Gasteiger partial charge < -0.3 is 19.5 Å². The highest BCUT2D eigenvalue weighted by atomic mass is 16.6. The van der Waals surface area contributed by atoms with Gasteiger partial charge in [-0.3, -0.25) is 4.79 Å². The zero-order valence-corrected chi connectivity index (χ0v) is 18.6. The van der Waals surface area contributed by atoms with Crippen LogP contribution in [0.5, 0.6) is 5.75 Å². The molecule has 0 saturated heterocycles. The molecule has 1 aliphatic rings. The second-order valence-electron chi connectivity index (χ2n) is 8.79. The maximum absolute atomic E-state index is 13.0. The smallest absolute Gasteiger partial charge is 0.337 e. The summed E-state index contributed by atoms with van der Waals surface area (Å²) in [5.74, 6) is 0.215. The van der Waals surface area contributed by atoms with E-state index >= 15 is 0 Å². The van der Waals surface area contributed by atoms with Gasteiger partial charge in [0.25, 0.3) is 0 Å². The van der Waals surface area contributed by atoms with E-state index in [0.29, 0.717) is 24.5 Å². The lowest BCUT2D eigenvalue weighted by atomic mass is 10.1. The second kappa shape index (κ2) is 9.52. The average Bonchev–Trinajstić information content (AvgIpc) is 3.49. The Morgan fingerprint density at radius 2 is 1.74 bits per heavy atom. The van der Waals surface area contributed by atoms with E-state index in [0.717, 1.165) is 18.4 Å². The first kappa shape index (κ1) is 22.8. The number of nitrogens with one attached hydrogen (secondary N) is 1. The van der Waals surface area contributed by atoms with Crippen LogP contribution in [-0.4, -0.2) is 43.3 Å². The van der Waals surface area contributed by atoms with Crippen LogP contribution in [0, 0.1) is 0 Å². The lowest BCUT2D eigenvalue weighted by molar-refractivity contribution is -0.159. The fraction of sp³-hybridized carbons (Fsp3) is 0.440. The predicted octanol–water partition coefficient (Wildman–Crippen LogP) is 4.10. The SMILES string of the molecule is COC(=O)c1ccc(OCCCNC2(C(=O)OC(C)(C)C)CC2c2ccccc2)cc1. The van der Waals surface area contributed by atoms with Crippen LogP contribution in [0.25, 0.3) is 0 Å². The maximum atomic E-state index is 13.0. The number of rotatable bonds is 9. The summed E-state index contributed by atoms with van der Waals surface area (Å²) >= 11 is 0. The van der Waals surface area contributed by atoms with Crippen molar-refractivity contribution >= 4 is 11.9 Å². The van der Waals surface area contributed by atoms with E-state index in [4.69, 9.17) is 14.2 Å². The van der Waals surface area contributed by atoms with E-state index in [9.17, 15) is 9.59 Å². The molecular weight excluding hydrogens is 394 g/mol. The maximum Gasteiger partial charge on any atom is 0.337 e. The minimum Gasteiger partial charge on any atom is -0.494 e. The molecule has 6 heteroatoms. The highest BCUT2D eigenvalue weighted by Gasteiger charge is 2.62. The topological polar surface area (TPSA) is 73.9 Å². The molecule has 6 nitrogen and oxygen atoms in total. The van der Waals surface area contributed by atoms with Gasteiger partial charge in [-0.15, -0.1) is 0 Å². The lowest BCUT2D eigenvalue weighted by Crippen LogP contribution is -2.45. The van der Waals surface area contributed by atoms with Crippen LogP contribution in [0.15, 0.2) is 54.6 Å². The van der Waals surface area contributed by atoms with Gasteiger partial charge >= 0.3 is 11.9 Å². The van der Waals surface area contributed by atoms with Gasteiger partial charge in [0, 0.05) is 5.92 Å². The number of methoxy groups -OCH3 is 1. The molecule has 3 rings (SSSR count). The number of carbonyl (C=O) groups is 2. The van der Waals surface area contributed by atoms with Crippen LogP contribution in [0.2, 0.25) is 0 Å². The molecule has 0 radical (unpaired) electrons. The minimum absolute atomic E-state index is 0.107. The zero-order valence-electron chi connectivity index (χ0n) is 18.6. The predicted molar refractivity (Wildman–Crippen MR) is 118 cm³/mol. The van der Waals surface area contributed by atoms with Crippen molar-refractivity contribution in [2.45, 2.75) is 50.7 Å². The fourth-order valence-electron chi connectivity index (χ4n) is 3.59. The number of carbonyl (C=O) groups excluding carboxylic acids is 2. The molecule has 2 aromatic rings. The molecule has 2 unspecified atom stereocenters. The zero-order chi connectivity index (χ0) is 22.5. The van der Waals surface area contributed by atoms with Gasteiger partial charge in [0.15, 0.2) is 0 Å². The number of hydrogen-bond acceptors (Lipinski definition) is 6. The van der Waals surface area contributed by atoms with E-state index in [2.05, 4.69) is 17.4 Å². The summed E-state index contributed by atoms with van der Waals surface area (Å²) in [5, 5.41) is 3.44. The lowest BCUT2D eigenvalue weighted by Gasteiger charge is -2.25. The highest BCUT2D eigenvalue weighted by molar-refractivity contribution is 5.89. The van der Waals surface area contributed by atoms with E-state index < -0.39 is 11.1 Å². The van der Waals surface area contributed by atoms with E-state index in [1.807, 2.05) is 39.0 Å². The molecule has 1 fully saturated rings. The molecule has 2 aromatic carbocycles. The van der Waals surface area contributed by atoms with Crippen LogP contribution >= 0.6 is 0 Å². The summed E-state index contributed by atoms with van der Waals surface area (Å²) in [6, 6.07) is 16.9. The third kappa shape index (κ3) is 5.85. The molecule has 0 aliphatic heterocycles. The number of benzene rings is 2. The van der Waals surface area contributed by atoms with Crippen molar-refractivity contribution in [2.24, 2.45) is 0 Å². The summed E-state index contributed by atoms with van der Waals surface area (Å²) in [6.07, 6.45) is 1.45. The molecule has 1 saturated carbocycles. The molecule has 0 amide bonds. The molecule has 2 atom stereocenters. The molecule has 0 spiro atoms. The summed E-state index contributed by atoms with van der Waals surface area (Å²) in [6.45, 7) is 6.78. The molecule has 0 heterocycles. The van der Waals surface area contributed by atoms with Gasteiger partial charge in [-0.2, -0.15) is 0 Å². The van der Waals surface area contributed by atoms with Crippen molar-refractivity contribution in [1.29, 1.82) is 0 Å². The molecular formula is C25H31NO5. The summed E-state index contributed by atoms with van der Waals surface area (Å²) in [7, 11) is 1.35. The summed E-state index contributed by atoms with van der Waals surface area (Å²) in [4.78, 5) is 24.5. The standard InChI is InChI=1S/C25H31NO5/c1-24(2,3)31-23(28)25(17-21(25)18-9-6-5-7-10-18)26-15-8-16-30-20-13-11-19(12-14-20)22(27)29-4/h5-7,9-14,21,26H,8,15-17H2,1-4H3. The van der Waals surface area contributed by atoms with Gasteiger partial charge in [-0.1, -0.05) is 30.3 Å². The highest BCUT2D eigenvalue weighted by Crippen LogP contribution is 2.52. The average molecular weight is 426 g/mol. The number of esters is 2. The first-order chi connectivity index (χ1) is 14.7. The van der Waals surface area contributed by atoms with Crippen LogP contribution in [0.4, 0.5) is 0 Å². The first-order valence-corrected chi connectivity index (χ1v) is 10.6. The van der Waals surface area contributed by atoms with Crippen LogP contribution in [-0.2, 0) is 14.3 Å². The summed E-state index contributed by atoms with van der Waals surface area (Å²) < 4.78 is 16.2. The largest absolute Gasteiger partial charge is 0.494 e. The molecule has 0 bridgehead atoms. The van der Waals surface area contributed by atoms with Crippen LogP contribution < -0.4 is 10.1 Å². The molecule has 31 heavy (non-hydrogen) atoms.